The van der Waals surface area contributed by atoms with Crippen molar-refractivity contribution in [2.45, 2.75) is 13.8 Å². The zero-order valence-electron chi connectivity index (χ0n) is 12.2. The fourth-order valence-electron chi connectivity index (χ4n) is 0.593. The smallest absolute Gasteiger partial charge is 0.332 e. The molecule has 0 atom stereocenters. The molecular formula is C14H18NO5S-. The molecule has 1 heterocycles. The van der Waals surface area contributed by atoms with Crippen molar-refractivity contribution in [3.05, 3.63) is 53.3 Å². The molecule has 0 aliphatic rings. The Balaban J connectivity index is 0. The van der Waals surface area contributed by atoms with Gasteiger partial charge >= 0.3 is 5.97 Å². The summed E-state index contributed by atoms with van der Waals surface area (Å²) < 4.78 is 5.59. The highest BCUT2D eigenvalue weighted by Crippen LogP contribution is 1.87. The summed E-state index contributed by atoms with van der Waals surface area (Å²) in [5, 5.41) is 18.2. The molecule has 21 heavy (non-hydrogen) atoms. The number of aromatic nitrogens is 1. The number of hydrogen-bond donors (Lipinski definition) is 1. The second kappa shape index (κ2) is 11.4. The van der Waals surface area contributed by atoms with E-state index in [0.717, 1.165) is 4.73 Å². The molecule has 1 N–H and O–H groups in total. The molecule has 6 nitrogen and oxygen atoms in total. The molecule has 0 bridgehead atoms. The van der Waals surface area contributed by atoms with Crippen LogP contribution >= 0.6 is 12.2 Å². The molecule has 116 valence electrons. The molecule has 0 radical (unpaired) electrons. The summed E-state index contributed by atoms with van der Waals surface area (Å²) in [6.45, 7) is 9.43. The van der Waals surface area contributed by atoms with Crippen molar-refractivity contribution >= 4 is 24.2 Å². The SMILES string of the molecule is C=C(C)C(=O)OC.C=C(C)C(=O)[O-].On1ccccc1=S. The Hall–Kier alpha value is -2.41. The number of carboxylic acid groups (broad SMARTS) is 1. The standard InChI is InChI=1S/C5H5NOS.C5H8O2.C4H6O2/c7-6-4-2-1-3-5(6)8;1-4(2)5(6)7-3;1-3(2)4(5)6/h1-4,7H;1H2,2-3H3;1H2,2H3,(H,5,6)/p-1. The van der Waals surface area contributed by atoms with Crippen molar-refractivity contribution in [2.24, 2.45) is 0 Å². The first-order chi connectivity index (χ1) is 9.63. The number of carboxylic acids is 1. The first-order valence-electron chi connectivity index (χ1n) is 5.61. The zero-order valence-corrected chi connectivity index (χ0v) is 13.0. The maximum Gasteiger partial charge on any atom is 0.332 e. The highest BCUT2D eigenvalue weighted by molar-refractivity contribution is 7.71. The third-order valence-corrected chi connectivity index (χ3v) is 2.01. The van der Waals surface area contributed by atoms with Crippen molar-refractivity contribution in [1.29, 1.82) is 0 Å². The summed E-state index contributed by atoms with van der Waals surface area (Å²) in [5.74, 6) is -1.53. The van der Waals surface area contributed by atoms with E-state index < -0.39 is 5.97 Å². The molecule has 0 aliphatic carbocycles. The van der Waals surface area contributed by atoms with Gasteiger partial charge in [-0.3, -0.25) is 0 Å². The molecule has 0 aromatic carbocycles. The maximum absolute atomic E-state index is 10.2. The third-order valence-electron chi connectivity index (χ3n) is 1.69. The van der Waals surface area contributed by atoms with E-state index in [0.29, 0.717) is 10.2 Å². The van der Waals surface area contributed by atoms with Crippen molar-refractivity contribution < 1.29 is 24.6 Å². The van der Waals surface area contributed by atoms with Gasteiger partial charge in [-0.2, -0.15) is 4.73 Å². The quantitative estimate of drug-likeness (QED) is 0.385. The third kappa shape index (κ3) is 12.4. The maximum atomic E-state index is 10.2. The van der Waals surface area contributed by atoms with Crippen LogP contribution in [0, 0.1) is 4.64 Å². The lowest BCUT2D eigenvalue weighted by molar-refractivity contribution is -0.299. The molecular weight excluding hydrogens is 294 g/mol. The summed E-state index contributed by atoms with van der Waals surface area (Å²) in [5.41, 5.74) is 0.498. The number of rotatable bonds is 2. The lowest BCUT2D eigenvalue weighted by Crippen LogP contribution is -2.22. The summed E-state index contributed by atoms with van der Waals surface area (Å²) in [6, 6.07) is 5.13. The van der Waals surface area contributed by atoms with Gasteiger partial charge in [-0.25, -0.2) is 4.79 Å². The summed E-state index contributed by atoms with van der Waals surface area (Å²) in [7, 11) is 1.33. The van der Waals surface area contributed by atoms with E-state index in [-0.39, 0.29) is 11.5 Å². The molecule has 0 saturated heterocycles. The van der Waals surface area contributed by atoms with E-state index in [2.05, 4.69) is 30.1 Å². The number of carbonyl (C=O) groups excluding carboxylic acids is 2. The van der Waals surface area contributed by atoms with Gasteiger partial charge in [0, 0.05) is 11.8 Å². The number of ether oxygens (including phenoxy) is 1. The molecule has 0 aliphatic heterocycles. The van der Waals surface area contributed by atoms with Crippen LogP contribution in [0.2, 0.25) is 0 Å². The molecule has 0 amide bonds. The molecule has 1 rings (SSSR count). The average Bonchev–Trinajstić information content (AvgIpc) is 2.42. The monoisotopic (exact) mass is 312 g/mol. The first kappa shape index (κ1) is 20.9. The second-order valence-corrected chi connectivity index (χ2v) is 4.14. The average molecular weight is 312 g/mol. The number of nitrogens with zero attached hydrogens (tertiary/aromatic N) is 1. The van der Waals surface area contributed by atoms with E-state index in [1.807, 2.05) is 0 Å². The molecule has 7 heteroatoms. The Labute approximate surface area is 128 Å². The fourth-order valence-corrected chi connectivity index (χ4v) is 0.733. The Morgan fingerprint density at radius 2 is 1.76 bits per heavy atom. The van der Waals surface area contributed by atoms with E-state index >= 15 is 0 Å². The minimum absolute atomic E-state index is 0.0648. The van der Waals surface area contributed by atoms with Crippen LogP contribution in [0.1, 0.15) is 13.8 Å². The van der Waals surface area contributed by atoms with Crippen LogP contribution in [0.4, 0.5) is 0 Å². The summed E-state index contributed by atoms with van der Waals surface area (Å²) in [4.78, 5) is 19.7. The largest absolute Gasteiger partial charge is 0.545 e. The van der Waals surface area contributed by atoms with Gasteiger partial charge in [-0.05, 0) is 31.6 Å². The molecule has 1 aromatic rings. The van der Waals surface area contributed by atoms with Crippen molar-refractivity contribution in [2.75, 3.05) is 7.11 Å². The Morgan fingerprint density at radius 1 is 1.29 bits per heavy atom. The lowest BCUT2D eigenvalue weighted by Gasteiger charge is -1.93. The molecule has 0 unspecified atom stereocenters. The number of methoxy groups -OCH3 is 1. The summed E-state index contributed by atoms with van der Waals surface area (Å²) in [6.07, 6.45) is 1.49. The van der Waals surface area contributed by atoms with Gasteiger partial charge in [0.15, 0.2) is 0 Å². The number of hydrogen-bond acceptors (Lipinski definition) is 6. The van der Waals surface area contributed by atoms with Crippen molar-refractivity contribution in [1.82, 2.24) is 4.73 Å². The predicted molar refractivity (Wildman–Crippen MR) is 79.1 cm³/mol. The van der Waals surface area contributed by atoms with Crippen LogP contribution in [0.25, 0.3) is 0 Å². The first-order valence-corrected chi connectivity index (χ1v) is 6.01. The van der Waals surface area contributed by atoms with E-state index in [1.165, 1.54) is 20.2 Å². The fraction of sp³-hybridized carbons (Fsp3) is 0.214. The van der Waals surface area contributed by atoms with Crippen molar-refractivity contribution in [3.8, 4) is 0 Å². The normalized spacial score (nSPS) is 8.14. The van der Waals surface area contributed by atoms with Crippen LogP contribution in [-0.2, 0) is 14.3 Å². The number of esters is 1. The molecule has 0 spiro atoms. The van der Waals surface area contributed by atoms with Gasteiger partial charge in [0.1, 0.15) is 4.64 Å². The van der Waals surface area contributed by atoms with E-state index in [4.69, 9.17) is 5.21 Å². The number of pyridine rings is 1. The van der Waals surface area contributed by atoms with Crippen LogP contribution in [0.3, 0.4) is 0 Å². The Bertz CT molecular complexity index is 550. The van der Waals surface area contributed by atoms with Crippen LogP contribution < -0.4 is 5.11 Å². The zero-order chi connectivity index (χ0) is 17.0. The highest BCUT2D eigenvalue weighted by atomic mass is 32.1. The van der Waals surface area contributed by atoms with Gasteiger partial charge < -0.3 is 19.8 Å². The molecule has 1 aromatic heterocycles. The summed E-state index contributed by atoms with van der Waals surface area (Å²) >= 11 is 4.67. The minimum atomic E-state index is -1.19. The van der Waals surface area contributed by atoms with Gasteiger partial charge in [-0.1, -0.05) is 31.4 Å². The second-order valence-electron chi connectivity index (χ2n) is 3.72. The lowest BCUT2D eigenvalue weighted by atomic mass is 10.4. The topological polar surface area (TPSA) is 91.6 Å². The number of aliphatic carboxylic acids is 1. The molecule has 0 saturated carbocycles. The Kier molecular flexibility index (Phi) is 11.4. The van der Waals surface area contributed by atoms with E-state index in [1.54, 1.807) is 25.1 Å². The van der Waals surface area contributed by atoms with Gasteiger partial charge in [0.2, 0.25) is 0 Å². The minimum Gasteiger partial charge on any atom is -0.545 e. The van der Waals surface area contributed by atoms with Crippen LogP contribution in [0.5, 0.6) is 0 Å². The highest BCUT2D eigenvalue weighted by Gasteiger charge is 1.95. The molecule has 0 fully saturated rings. The van der Waals surface area contributed by atoms with Crippen LogP contribution in [0.15, 0.2) is 48.7 Å². The van der Waals surface area contributed by atoms with Gasteiger partial charge in [0.05, 0.1) is 13.1 Å². The van der Waals surface area contributed by atoms with Crippen molar-refractivity contribution in [3.63, 3.8) is 0 Å². The number of carbonyl (C=O) groups is 2. The predicted octanol–water partition coefficient (Wildman–Crippen LogP) is 1.50. The van der Waals surface area contributed by atoms with Crippen LogP contribution in [-0.4, -0.2) is 29.0 Å². The Morgan fingerprint density at radius 3 is 1.90 bits per heavy atom. The van der Waals surface area contributed by atoms with Gasteiger partial charge in [0.25, 0.3) is 0 Å². The van der Waals surface area contributed by atoms with Gasteiger partial charge in [-0.15, -0.1) is 0 Å². The van der Waals surface area contributed by atoms with E-state index in [9.17, 15) is 14.7 Å².